The van der Waals surface area contributed by atoms with Crippen LogP contribution < -0.4 is 20.5 Å². The van der Waals surface area contributed by atoms with E-state index in [9.17, 15) is 0 Å². The Kier molecular flexibility index (Phi) is 9.38. The van der Waals surface area contributed by atoms with Crippen molar-refractivity contribution < 1.29 is 9.47 Å². The summed E-state index contributed by atoms with van der Waals surface area (Å²) in [4.78, 5) is 4.72. The first kappa shape index (κ1) is 23.0. The van der Waals surface area contributed by atoms with E-state index < -0.39 is 0 Å². The number of halogens is 2. The number of anilines is 2. The van der Waals surface area contributed by atoms with Crippen LogP contribution >= 0.6 is 36.2 Å². The molecule has 0 aliphatic rings. The van der Waals surface area contributed by atoms with Gasteiger partial charge in [0.25, 0.3) is 0 Å². The number of nitrogens with zero attached hydrogens (tertiary/aromatic N) is 1. The van der Waals surface area contributed by atoms with Crippen LogP contribution in [-0.4, -0.2) is 25.7 Å². The Morgan fingerprint density at radius 3 is 2.33 bits per heavy atom. The van der Waals surface area contributed by atoms with Gasteiger partial charge in [0, 0.05) is 16.6 Å². The molecule has 146 valence electrons. The van der Waals surface area contributed by atoms with Gasteiger partial charge >= 0.3 is 0 Å². The smallest absolute Gasteiger partial charge is 0.187 e. The van der Waals surface area contributed by atoms with Crippen molar-refractivity contribution in [1.82, 2.24) is 4.98 Å². The van der Waals surface area contributed by atoms with E-state index in [0.29, 0.717) is 18.0 Å². The predicted molar refractivity (Wildman–Crippen MR) is 118 cm³/mol. The molecule has 0 bridgehead atoms. The maximum absolute atomic E-state index is 5.77. The first-order chi connectivity index (χ1) is 12.2. The Morgan fingerprint density at radius 1 is 1.04 bits per heavy atom. The number of ether oxygens (including phenoxy) is 2. The number of para-hydroxylation sites is 1. The molecule has 0 aliphatic carbocycles. The van der Waals surface area contributed by atoms with Crippen LogP contribution in [0.2, 0.25) is 0 Å². The number of nitrogens with one attached hydrogen (secondary N) is 1. The van der Waals surface area contributed by atoms with Gasteiger partial charge in [-0.25, -0.2) is 4.98 Å². The minimum Gasteiger partial charge on any atom is -0.493 e. The van der Waals surface area contributed by atoms with Crippen molar-refractivity contribution in [2.75, 3.05) is 26.1 Å². The second-order valence-electron chi connectivity index (χ2n) is 5.43. The van der Waals surface area contributed by atoms with E-state index in [-0.39, 0.29) is 24.8 Å². The summed E-state index contributed by atoms with van der Waals surface area (Å²) in [5.74, 6) is 1.39. The molecule has 0 atom stereocenters. The predicted octanol–water partition coefficient (Wildman–Crippen LogP) is 4.92. The summed E-state index contributed by atoms with van der Waals surface area (Å²) < 4.78 is 10.8. The van der Waals surface area contributed by atoms with E-state index in [1.54, 1.807) is 25.6 Å². The quantitative estimate of drug-likeness (QED) is 0.559. The summed E-state index contributed by atoms with van der Waals surface area (Å²) in [6.45, 7) is 0.557. The minimum atomic E-state index is 0. The van der Waals surface area contributed by atoms with Crippen molar-refractivity contribution in [2.45, 2.75) is 6.42 Å². The fraction of sp³-hybridized carbons (Fsp3) is 0.211. The first-order valence-electron chi connectivity index (χ1n) is 7.98. The second kappa shape index (κ2) is 11.0. The molecule has 0 unspecified atom stereocenters. The minimum absolute atomic E-state index is 0. The number of hydrogen-bond acceptors (Lipinski definition) is 6. The molecule has 0 saturated heterocycles. The van der Waals surface area contributed by atoms with E-state index in [0.717, 1.165) is 34.1 Å². The highest BCUT2D eigenvalue weighted by molar-refractivity contribution is 7.14. The SMILES string of the molecule is COc1cc(CCN)c(-c2csc(Nc3ccccc3)n2)cc1OC.Cl.Cl. The zero-order chi connectivity index (χ0) is 17.6. The van der Waals surface area contributed by atoms with Crippen LogP contribution in [-0.2, 0) is 6.42 Å². The van der Waals surface area contributed by atoms with Crippen LogP contribution in [0.3, 0.4) is 0 Å². The maximum atomic E-state index is 5.77. The summed E-state index contributed by atoms with van der Waals surface area (Å²) >= 11 is 1.56. The average molecular weight is 428 g/mol. The molecule has 1 aromatic heterocycles. The Morgan fingerprint density at radius 2 is 1.70 bits per heavy atom. The standard InChI is InChI=1S/C19H21N3O2S.2ClH/c1-23-17-10-13(8-9-20)15(11-18(17)24-2)16-12-25-19(22-16)21-14-6-4-3-5-7-14;;/h3-7,10-12H,8-9,20H2,1-2H3,(H,21,22);2*1H. The van der Waals surface area contributed by atoms with Crippen LogP contribution in [0.5, 0.6) is 11.5 Å². The largest absolute Gasteiger partial charge is 0.493 e. The van der Waals surface area contributed by atoms with Gasteiger partial charge < -0.3 is 20.5 Å². The molecule has 0 radical (unpaired) electrons. The van der Waals surface area contributed by atoms with E-state index in [4.69, 9.17) is 20.2 Å². The van der Waals surface area contributed by atoms with Crippen molar-refractivity contribution in [3.8, 4) is 22.8 Å². The fourth-order valence-corrected chi connectivity index (χ4v) is 3.35. The van der Waals surface area contributed by atoms with Gasteiger partial charge in [0.15, 0.2) is 16.6 Å². The summed E-state index contributed by atoms with van der Waals surface area (Å²) in [6.07, 6.45) is 0.745. The van der Waals surface area contributed by atoms with E-state index in [2.05, 4.69) is 5.32 Å². The normalized spacial score (nSPS) is 9.74. The number of aromatic nitrogens is 1. The monoisotopic (exact) mass is 427 g/mol. The van der Waals surface area contributed by atoms with Crippen molar-refractivity contribution >= 4 is 47.0 Å². The number of benzene rings is 2. The molecule has 3 N–H and O–H groups in total. The molecule has 2 aromatic carbocycles. The van der Waals surface area contributed by atoms with Crippen molar-refractivity contribution in [3.05, 3.63) is 53.4 Å². The Labute approximate surface area is 175 Å². The van der Waals surface area contributed by atoms with E-state index in [1.807, 2.05) is 47.8 Å². The molecule has 5 nitrogen and oxygen atoms in total. The van der Waals surface area contributed by atoms with Crippen molar-refractivity contribution in [1.29, 1.82) is 0 Å². The third kappa shape index (κ3) is 5.49. The molecule has 0 aliphatic heterocycles. The molecular weight excluding hydrogens is 405 g/mol. The topological polar surface area (TPSA) is 69.4 Å². The Hall–Kier alpha value is -1.99. The summed E-state index contributed by atoms with van der Waals surface area (Å²) in [6, 6.07) is 13.9. The van der Waals surface area contributed by atoms with Gasteiger partial charge in [0.1, 0.15) is 0 Å². The van der Waals surface area contributed by atoms with Gasteiger partial charge in [0.05, 0.1) is 19.9 Å². The zero-order valence-corrected chi connectivity index (χ0v) is 17.5. The van der Waals surface area contributed by atoms with Gasteiger partial charge in [-0.1, -0.05) is 18.2 Å². The van der Waals surface area contributed by atoms with Gasteiger partial charge in [-0.05, 0) is 42.8 Å². The number of methoxy groups -OCH3 is 2. The van der Waals surface area contributed by atoms with Crippen molar-refractivity contribution in [2.24, 2.45) is 5.73 Å². The first-order valence-corrected chi connectivity index (χ1v) is 8.86. The van der Waals surface area contributed by atoms with Crippen LogP contribution in [0.4, 0.5) is 10.8 Å². The molecule has 0 spiro atoms. The third-order valence-corrected chi connectivity index (χ3v) is 4.59. The van der Waals surface area contributed by atoms with Crippen molar-refractivity contribution in [3.63, 3.8) is 0 Å². The van der Waals surface area contributed by atoms with Gasteiger partial charge in [-0.3, -0.25) is 0 Å². The van der Waals surface area contributed by atoms with Crippen LogP contribution in [0.15, 0.2) is 47.8 Å². The van der Waals surface area contributed by atoms with Gasteiger partial charge in [-0.15, -0.1) is 36.2 Å². The van der Waals surface area contributed by atoms with Crippen LogP contribution in [0.1, 0.15) is 5.56 Å². The number of hydrogen-bond donors (Lipinski definition) is 2. The Balaban J connectivity index is 0.00000182. The summed E-state index contributed by atoms with van der Waals surface area (Å²) in [5, 5.41) is 6.20. The molecule has 0 fully saturated rings. The second-order valence-corrected chi connectivity index (χ2v) is 6.29. The Bertz CT molecular complexity index is 844. The third-order valence-electron chi connectivity index (χ3n) is 3.83. The zero-order valence-electron chi connectivity index (χ0n) is 15.1. The molecule has 27 heavy (non-hydrogen) atoms. The molecule has 0 saturated carbocycles. The molecule has 8 heteroatoms. The lowest BCUT2D eigenvalue weighted by Gasteiger charge is -2.13. The van der Waals surface area contributed by atoms with Crippen LogP contribution in [0, 0.1) is 0 Å². The van der Waals surface area contributed by atoms with Gasteiger partial charge in [-0.2, -0.15) is 0 Å². The molecule has 0 amide bonds. The fourth-order valence-electron chi connectivity index (χ4n) is 2.62. The number of rotatable bonds is 7. The van der Waals surface area contributed by atoms with E-state index in [1.165, 1.54) is 0 Å². The van der Waals surface area contributed by atoms with E-state index >= 15 is 0 Å². The number of nitrogens with two attached hydrogens (primary N) is 1. The average Bonchev–Trinajstić information content (AvgIpc) is 3.10. The molecule has 3 rings (SSSR count). The van der Waals surface area contributed by atoms with Gasteiger partial charge in [0.2, 0.25) is 0 Å². The lowest BCUT2D eigenvalue weighted by molar-refractivity contribution is 0.354. The summed E-state index contributed by atoms with van der Waals surface area (Å²) in [7, 11) is 3.27. The number of thiazole rings is 1. The highest BCUT2D eigenvalue weighted by atomic mass is 35.5. The highest BCUT2D eigenvalue weighted by Gasteiger charge is 2.15. The summed E-state index contributed by atoms with van der Waals surface area (Å²) in [5.41, 5.74) is 9.79. The lowest BCUT2D eigenvalue weighted by Crippen LogP contribution is -2.05. The highest BCUT2D eigenvalue weighted by Crippen LogP contribution is 2.37. The van der Waals surface area contributed by atoms with Crippen LogP contribution in [0.25, 0.3) is 11.3 Å². The molecule has 3 aromatic rings. The molecular formula is C19H23Cl2N3O2S. The maximum Gasteiger partial charge on any atom is 0.187 e. The molecule has 1 heterocycles. The lowest BCUT2D eigenvalue weighted by atomic mass is 10.0.